The Morgan fingerprint density at radius 3 is 2.06 bits per heavy atom. The van der Waals surface area contributed by atoms with Crippen LogP contribution < -0.4 is 0 Å². The molecule has 0 spiro atoms. The molecule has 0 nitrogen and oxygen atoms in total. The van der Waals surface area contributed by atoms with Crippen LogP contribution in [0.15, 0.2) is 11.8 Å². The Morgan fingerprint density at radius 1 is 0.812 bits per heavy atom. The summed E-state index contributed by atoms with van der Waals surface area (Å²) in [5.74, 6) is 3.12. The molecule has 2 radical (unpaired) electrons. The van der Waals surface area contributed by atoms with Crippen LogP contribution in [-0.4, -0.2) is 9.52 Å². The molecule has 0 unspecified atom stereocenters. The summed E-state index contributed by atoms with van der Waals surface area (Å²) < 4.78 is 0. The van der Waals surface area contributed by atoms with Gasteiger partial charge in [0.05, 0.1) is 9.52 Å². The largest absolute Gasteiger partial charge is 0.103 e. The monoisotopic (exact) mass is 234 g/mol. The summed E-state index contributed by atoms with van der Waals surface area (Å²) in [5.41, 5.74) is 2.39. The second-order valence-corrected chi connectivity index (χ2v) is 6.63. The molecule has 0 aromatic heterocycles. The zero-order valence-electron chi connectivity index (χ0n) is 10.8. The molecule has 0 saturated heterocycles. The van der Waals surface area contributed by atoms with E-state index in [1.54, 1.807) is 12.8 Å². The molecule has 0 atom stereocenters. The lowest BCUT2D eigenvalue weighted by Crippen LogP contribution is -2.23. The SMILES string of the molecule is C[Si]C=CC1CCC(C2CCCCC2)CC1. The van der Waals surface area contributed by atoms with E-state index in [9.17, 15) is 0 Å². The maximum absolute atomic E-state index is 2.50. The summed E-state index contributed by atoms with van der Waals surface area (Å²) >= 11 is 0. The first kappa shape index (κ1) is 12.4. The quantitative estimate of drug-likeness (QED) is 0.624. The molecule has 2 fully saturated rings. The van der Waals surface area contributed by atoms with E-state index < -0.39 is 0 Å². The van der Waals surface area contributed by atoms with Crippen molar-refractivity contribution < 1.29 is 0 Å². The van der Waals surface area contributed by atoms with E-state index in [0.717, 1.165) is 27.3 Å². The van der Waals surface area contributed by atoms with Crippen molar-refractivity contribution in [2.45, 2.75) is 64.3 Å². The number of allylic oxidation sites excluding steroid dienone is 1. The lowest BCUT2D eigenvalue weighted by molar-refractivity contribution is 0.180. The van der Waals surface area contributed by atoms with E-state index in [2.05, 4.69) is 18.3 Å². The van der Waals surface area contributed by atoms with Crippen molar-refractivity contribution in [3.63, 3.8) is 0 Å². The predicted octanol–water partition coefficient (Wildman–Crippen LogP) is 4.64. The van der Waals surface area contributed by atoms with Crippen molar-refractivity contribution in [1.82, 2.24) is 0 Å². The second kappa shape index (κ2) is 6.63. The van der Waals surface area contributed by atoms with Gasteiger partial charge in [0.2, 0.25) is 0 Å². The maximum atomic E-state index is 2.50. The van der Waals surface area contributed by atoms with Crippen LogP contribution >= 0.6 is 0 Å². The third-order valence-corrected chi connectivity index (χ3v) is 5.19. The molecule has 0 N–H and O–H groups in total. The minimum absolute atomic E-state index is 0.923. The van der Waals surface area contributed by atoms with Crippen LogP contribution in [0.3, 0.4) is 0 Å². The fraction of sp³-hybridized carbons (Fsp3) is 0.867. The van der Waals surface area contributed by atoms with Crippen molar-refractivity contribution in [1.29, 1.82) is 0 Å². The average molecular weight is 234 g/mol. The first-order valence-corrected chi connectivity index (χ1v) is 8.82. The summed E-state index contributed by atoms with van der Waals surface area (Å²) in [6, 6.07) is 0. The summed E-state index contributed by atoms with van der Waals surface area (Å²) in [5, 5.41) is 0. The summed E-state index contributed by atoms with van der Waals surface area (Å²) in [6.45, 7) is 2.27. The van der Waals surface area contributed by atoms with Gasteiger partial charge in [-0.3, -0.25) is 0 Å². The van der Waals surface area contributed by atoms with Crippen LogP contribution in [0.4, 0.5) is 0 Å². The van der Waals surface area contributed by atoms with Gasteiger partial charge in [0.1, 0.15) is 0 Å². The lowest BCUT2D eigenvalue weighted by Gasteiger charge is -2.35. The van der Waals surface area contributed by atoms with Crippen molar-refractivity contribution in [3.05, 3.63) is 11.8 Å². The van der Waals surface area contributed by atoms with E-state index in [4.69, 9.17) is 0 Å². The summed E-state index contributed by atoms with van der Waals surface area (Å²) in [6.07, 6.45) is 16.1. The van der Waals surface area contributed by atoms with E-state index >= 15 is 0 Å². The molecule has 1 heteroatoms. The van der Waals surface area contributed by atoms with E-state index in [0.29, 0.717) is 0 Å². The van der Waals surface area contributed by atoms with Crippen LogP contribution in [0.1, 0.15) is 57.8 Å². The molecule has 0 aromatic carbocycles. The smallest absolute Gasteiger partial charge is 0.0664 e. The lowest BCUT2D eigenvalue weighted by atomic mass is 9.71. The van der Waals surface area contributed by atoms with E-state index in [-0.39, 0.29) is 0 Å². The minimum atomic E-state index is 0.923. The van der Waals surface area contributed by atoms with Crippen LogP contribution in [0, 0.1) is 17.8 Å². The number of hydrogen-bond acceptors (Lipinski definition) is 0. The highest BCUT2D eigenvalue weighted by Crippen LogP contribution is 2.40. The molecule has 2 aliphatic carbocycles. The van der Waals surface area contributed by atoms with Gasteiger partial charge in [-0.2, -0.15) is 0 Å². The second-order valence-electron chi connectivity index (χ2n) is 5.72. The van der Waals surface area contributed by atoms with Crippen LogP contribution in [-0.2, 0) is 0 Å². The molecule has 0 amide bonds. The Hall–Kier alpha value is -0.0431. The predicted molar refractivity (Wildman–Crippen MR) is 72.8 cm³/mol. The Bertz CT molecular complexity index is 207. The highest BCUT2D eigenvalue weighted by Gasteiger charge is 2.27. The molecular formula is C15H26Si. The van der Waals surface area contributed by atoms with Gasteiger partial charge < -0.3 is 0 Å². The zero-order chi connectivity index (χ0) is 11.2. The van der Waals surface area contributed by atoms with Crippen molar-refractivity contribution in [2.75, 3.05) is 0 Å². The number of hydrogen-bond donors (Lipinski definition) is 0. The molecule has 2 rings (SSSR count). The Kier molecular flexibility index (Phi) is 5.15. The molecule has 2 aliphatic rings. The first-order valence-electron chi connectivity index (χ1n) is 7.24. The highest BCUT2D eigenvalue weighted by atomic mass is 28.2. The van der Waals surface area contributed by atoms with Crippen LogP contribution in [0.2, 0.25) is 6.55 Å². The first-order chi connectivity index (χ1) is 7.90. The number of rotatable bonds is 3. The zero-order valence-corrected chi connectivity index (χ0v) is 11.8. The van der Waals surface area contributed by atoms with Gasteiger partial charge in [-0.1, -0.05) is 44.7 Å². The van der Waals surface area contributed by atoms with Crippen LogP contribution in [0.5, 0.6) is 0 Å². The molecule has 0 heterocycles. The van der Waals surface area contributed by atoms with Gasteiger partial charge in [-0.25, -0.2) is 0 Å². The summed E-state index contributed by atoms with van der Waals surface area (Å²) in [4.78, 5) is 0. The van der Waals surface area contributed by atoms with Gasteiger partial charge in [-0.05, 0) is 43.4 Å². The molecule has 0 aliphatic heterocycles. The highest BCUT2D eigenvalue weighted by molar-refractivity contribution is 6.40. The summed E-state index contributed by atoms with van der Waals surface area (Å²) in [7, 11) is 1.000. The molecule has 0 aromatic rings. The van der Waals surface area contributed by atoms with E-state index in [1.807, 2.05) is 0 Å². The molecule has 2 saturated carbocycles. The third-order valence-electron chi connectivity index (χ3n) is 4.67. The van der Waals surface area contributed by atoms with Gasteiger partial charge in [0.15, 0.2) is 0 Å². The normalized spacial score (nSPS) is 33.3. The standard InChI is InChI=1S/C15H26Si/c1-16-12-11-13-7-9-15(10-8-13)14-5-3-2-4-6-14/h11-15H,2-10H2,1H3. The van der Waals surface area contributed by atoms with E-state index in [1.165, 1.54) is 44.9 Å². The van der Waals surface area contributed by atoms with Gasteiger partial charge in [0, 0.05) is 0 Å². The fourth-order valence-corrected chi connectivity index (χ4v) is 4.11. The van der Waals surface area contributed by atoms with Gasteiger partial charge >= 0.3 is 0 Å². The third kappa shape index (κ3) is 3.48. The van der Waals surface area contributed by atoms with Crippen molar-refractivity contribution in [2.24, 2.45) is 17.8 Å². The van der Waals surface area contributed by atoms with Crippen LogP contribution in [0.25, 0.3) is 0 Å². The van der Waals surface area contributed by atoms with Gasteiger partial charge in [-0.15, -0.1) is 5.70 Å². The van der Waals surface area contributed by atoms with Crippen molar-refractivity contribution >= 4 is 9.52 Å². The average Bonchev–Trinajstić information content (AvgIpc) is 2.38. The fourth-order valence-electron chi connectivity index (χ4n) is 3.65. The molecule has 16 heavy (non-hydrogen) atoms. The minimum Gasteiger partial charge on any atom is -0.103 e. The molecule has 90 valence electrons. The van der Waals surface area contributed by atoms with Gasteiger partial charge in [0.25, 0.3) is 0 Å². The topological polar surface area (TPSA) is 0 Å². The Labute approximate surface area is 104 Å². The maximum Gasteiger partial charge on any atom is 0.0664 e. The molecular weight excluding hydrogens is 208 g/mol. The Balaban J connectivity index is 1.73. The van der Waals surface area contributed by atoms with Crippen molar-refractivity contribution in [3.8, 4) is 0 Å². The molecule has 0 bridgehead atoms. The Morgan fingerprint density at radius 2 is 1.44 bits per heavy atom.